The summed E-state index contributed by atoms with van der Waals surface area (Å²) in [4.78, 5) is 0. The summed E-state index contributed by atoms with van der Waals surface area (Å²) in [5.74, 6) is 0.555. The molecule has 0 radical (unpaired) electrons. The first-order chi connectivity index (χ1) is 7.65. The summed E-state index contributed by atoms with van der Waals surface area (Å²) >= 11 is 0. The Balaban J connectivity index is 2.51. The SMILES string of the molecule is C=C1c2cccc(C)c2C=C(C)C1CCC. The Hall–Kier alpha value is -1.30. The zero-order chi connectivity index (χ0) is 11.7. The molecule has 0 spiro atoms. The maximum absolute atomic E-state index is 4.31. The third kappa shape index (κ3) is 1.73. The third-order valence-corrected chi connectivity index (χ3v) is 3.59. The van der Waals surface area contributed by atoms with Crippen LogP contribution in [-0.2, 0) is 0 Å². The van der Waals surface area contributed by atoms with Crippen molar-refractivity contribution in [1.82, 2.24) is 0 Å². The highest BCUT2D eigenvalue weighted by molar-refractivity contribution is 5.82. The molecule has 2 rings (SSSR count). The molecule has 1 aliphatic rings. The minimum Gasteiger partial charge on any atom is -0.0946 e. The van der Waals surface area contributed by atoms with Gasteiger partial charge in [0.05, 0.1) is 0 Å². The molecule has 0 N–H and O–H groups in total. The van der Waals surface area contributed by atoms with Gasteiger partial charge < -0.3 is 0 Å². The van der Waals surface area contributed by atoms with Crippen LogP contribution in [0.2, 0.25) is 0 Å². The summed E-state index contributed by atoms with van der Waals surface area (Å²) in [5, 5.41) is 0. The number of aryl methyl sites for hydroxylation is 1. The van der Waals surface area contributed by atoms with Gasteiger partial charge in [-0.25, -0.2) is 0 Å². The summed E-state index contributed by atoms with van der Waals surface area (Å²) in [6, 6.07) is 6.52. The fourth-order valence-corrected chi connectivity index (χ4v) is 2.63. The van der Waals surface area contributed by atoms with E-state index in [1.54, 1.807) is 0 Å². The van der Waals surface area contributed by atoms with Crippen LogP contribution >= 0.6 is 0 Å². The zero-order valence-electron chi connectivity index (χ0n) is 10.5. The molecule has 1 atom stereocenters. The molecule has 84 valence electrons. The standard InChI is InChI=1S/C16H20/c1-5-7-14-12(3)10-16-11(2)8-6-9-15(16)13(14)4/h6,8-10,14H,4-5,7H2,1-3H3. The monoisotopic (exact) mass is 212 g/mol. The lowest BCUT2D eigenvalue weighted by Gasteiger charge is -2.27. The van der Waals surface area contributed by atoms with E-state index in [-0.39, 0.29) is 0 Å². The molecule has 0 bridgehead atoms. The van der Waals surface area contributed by atoms with E-state index in [0.717, 1.165) is 0 Å². The summed E-state index contributed by atoms with van der Waals surface area (Å²) in [6.45, 7) is 11.0. The number of benzene rings is 1. The summed E-state index contributed by atoms with van der Waals surface area (Å²) < 4.78 is 0. The highest BCUT2D eigenvalue weighted by atomic mass is 14.3. The van der Waals surface area contributed by atoms with E-state index in [9.17, 15) is 0 Å². The Morgan fingerprint density at radius 2 is 2.00 bits per heavy atom. The van der Waals surface area contributed by atoms with Gasteiger partial charge in [0.25, 0.3) is 0 Å². The molecule has 16 heavy (non-hydrogen) atoms. The minimum atomic E-state index is 0.555. The van der Waals surface area contributed by atoms with Crippen molar-refractivity contribution in [3.8, 4) is 0 Å². The second kappa shape index (κ2) is 4.29. The van der Waals surface area contributed by atoms with Gasteiger partial charge in [-0.3, -0.25) is 0 Å². The van der Waals surface area contributed by atoms with E-state index >= 15 is 0 Å². The van der Waals surface area contributed by atoms with Crippen molar-refractivity contribution < 1.29 is 0 Å². The van der Waals surface area contributed by atoms with Crippen LogP contribution in [0.1, 0.15) is 43.4 Å². The fraction of sp³-hybridized carbons (Fsp3) is 0.375. The molecule has 0 amide bonds. The van der Waals surface area contributed by atoms with Crippen LogP contribution in [-0.4, -0.2) is 0 Å². The van der Waals surface area contributed by atoms with Crippen LogP contribution in [0.4, 0.5) is 0 Å². The van der Waals surface area contributed by atoms with E-state index in [1.807, 2.05) is 0 Å². The lowest BCUT2D eigenvalue weighted by Crippen LogP contribution is -2.10. The van der Waals surface area contributed by atoms with Gasteiger partial charge in [0, 0.05) is 5.92 Å². The maximum Gasteiger partial charge on any atom is 0.00489 e. The van der Waals surface area contributed by atoms with E-state index < -0.39 is 0 Å². The highest BCUT2D eigenvalue weighted by Gasteiger charge is 2.22. The van der Waals surface area contributed by atoms with Crippen molar-refractivity contribution in [2.75, 3.05) is 0 Å². The van der Waals surface area contributed by atoms with Crippen molar-refractivity contribution in [1.29, 1.82) is 0 Å². The van der Waals surface area contributed by atoms with Gasteiger partial charge in [-0.1, -0.05) is 49.8 Å². The first-order valence-corrected chi connectivity index (χ1v) is 6.12. The van der Waals surface area contributed by atoms with Crippen molar-refractivity contribution in [3.63, 3.8) is 0 Å². The Kier molecular flexibility index (Phi) is 3.00. The van der Waals surface area contributed by atoms with Gasteiger partial charge in [0.15, 0.2) is 0 Å². The van der Waals surface area contributed by atoms with Crippen LogP contribution in [0.15, 0.2) is 30.4 Å². The smallest absolute Gasteiger partial charge is 0.00489 e. The minimum absolute atomic E-state index is 0.555. The van der Waals surface area contributed by atoms with Crippen LogP contribution in [0.25, 0.3) is 11.6 Å². The van der Waals surface area contributed by atoms with Crippen molar-refractivity contribution in [2.24, 2.45) is 5.92 Å². The van der Waals surface area contributed by atoms with E-state index in [1.165, 1.54) is 40.7 Å². The largest absolute Gasteiger partial charge is 0.0946 e. The van der Waals surface area contributed by atoms with Gasteiger partial charge in [0.1, 0.15) is 0 Å². The fourth-order valence-electron chi connectivity index (χ4n) is 2.63. The number of fused-ring (bicyclic) bond motifs is 1. The van der Waals surface area contributed by atoms with Crippen LogP contribution < -0.4 is 0 Å². The van der Waals surface area contributed by atoms with Crippen LogP contribution in [0, 0.1) is 12.8 Å². The average Bonchev–Trinajstić information content (AvgIpc) is 2.26. The summed E-state index contributed by atoms with van der Waals surface area (Å²) in [7, 11) is 0. The number of hydrogen-bond donors (Lipinski definition) is 0. The second-order valence-electron chi connectivity index (χ2n) is 4.79. The van der Waals surface area contributed by atoms with Gasteiger partial charge in [-0.2, -0.15) is 0 Å². The average molecular weight is 212 g/mol. The number of allylic oxidation sites excluding steroid dienone is 2. The first-order valence-electron chi connectivity index (χ1n) is 6.12. The Labute approximate surface area is 98.7 Å². The Morgan fingerprint density at radius 3 is 2.69 bits per heavy atom. The molecular weight excluding hydrogens is 192 g/mol. The van der Waals surface area contributed by atoms with Gasteiger partial charge >= 0.3 is 0 Å². The predicted octanol–water partition coefficient (Wildman–Crippen LogP) is 4.84. The highest BCUT2D eigenvalue weighted by Crippen LogP contribution is 2.39. The van der Waals surface area contributed by atoms with E-state index in [0.29, 0.717) is 5.92 Å². The quantitative estimate of drug-likeness (QED) is 0.658. The van der Waals surface area contributed by atoms with Crippen LogP contribution in [0.5, 0.6) is 0 Å². The molecular formula is C16H20. The molecule has 1 aromatic rings. The molecule has 0 heteroatoms. The topological polar surface area (TPSA) is 0 Å². The Bertz CT molecular complexity index is 449. The third-order valence-electron chi connectivity index (χ3n) is 3.59. The molecule has 1 aromatic carbocycles. The normalized spacial score (nSPS) is 19.3. The first kappa shape index (κ1) is 11.2. The Morgan fingerprint density at radius 1 is 1.25 bits per heavy atom. The van der Waals surface area contributed by atoms with Gasteiger partial charge in [0.2, 0.25) is 0 Å². The number of rotatable bonds is 2. The predicted molar refractivity (Wildman–Crippen MR) is 72.3 cm³/mol. The summed E-state index contributed by atoms with van der Waals surface area (Å²) in [5.41, 5.74) is 6.85. The molecule has 0 nitrogen and oxygen atoms in total. The van der Waals surface area contributed by atoms with E-state index in [2.05, 4.69) is 51.6 Å². The van der Waals surface area contributed by atoms with Gasteiger partial charge in [-0.15, -0.1) is 0 Å². The molecule has 0 aliphatic heterocycles. The van der Waals surface area contributed by atoms with Crippen LogP contribution in [0.3, 0.4) is 0 Å². The molecule has 0 saturated heterocycles. The maximum atomic E-state index is 4.31. The second-order valence-corrected chi connectivity index (χ2v) is 4.79. The van der Waals surface area contributed by atoms with E-state index in [4.69, 9.17) is 0 Å². The summed E-state index contributed by atoms with van der Waals surface area (Å²) in [6.07, 6.45) is 4.78. The number of hydrogen-bond acceptors (Lipinski definition) is 0. The van der Waals surface area contributed by atoms with Gasteiger partial charge in [-0.05, 0) is 42.5 Å². The molecule has 0 saturated carbocycles. The molecule has 0 aromatic heterocycles. The van der Waals surface area contributed by atoms with Crippen molar-refractivity contribution >= 4 is 11.6 Å². The molecule has 0 fully saturated rings. The lowest BCUT2D eigenvalue weighted by molar-refractivity contribution is 0.673. The molecule has 0 heterocycles. The van der Waals surface area contributed by atoms with Crippen molar-refractivity contribution in [3.05, 3.63) is 47.0 Å². The zero-order valence-corrected chi connectivity index (χ0v) is 10.5. The lowest BCUT2D eigenvalue weighted by atomic mass is 9.77. The van der Waals surface area contributed by atoms with Crippen molar-refractivity contribution in [2.45, 2.75) is 33.6 Å². The molecule has 1 unspecified atom stereocenters. The molecule has 1 aliphatic carbocycles.